The standard InChI is InChI=1S/C34H48F3N5O6/c1-21(2)38-33(46)41(6)19-30-22(3)18-42(23(4)20-43)31(44)28-17-27(14-15-29(28)48-24(5)9-7-8-16-47-30)40-32(45)39-26-12-10-25(11-13-26)34(35,36)37/h10-15,17,21-24,30,43H,7-9,16,18-20H2,1-6H3,(H,38,46)(H2,39,40,45)/t22-,23-,24-,30-/m0/s1. The van der Waals surface area contributed by atoms with E-state index in [9.17, 15) is 32.7 Å². The first-order valence-electron chi connectivity index (χ1n) is 16.2. The van der Waals surface area contributed by atoms with Crippen molar-refractivity contribution >= 4 is 29.3 Å². The van der Waals surface area contributed by atoms with Gasteiger partial charge < -0.3 is 40.3 Å². The normalized spacial score (nSPS) is 20.2. The minimum absolute atomic E-state index is 0.0413. The summed E-state index contributed by atoms with van der Waals surface area (Å²) in [4.78, 5) is 42.8. The van der Waals surface area contributed by atoms with E-state index in [1.165, 1.54) is 11.0 Å². The van der Waals surface area contributed by atoms with Crippen molar-refractivity contribution in [3.63, 3.8) is 0 Å². The number of carbonyl (C=O) groups excluding carboxylic acids is 3. The number of halogens is 3. The fraction of sp³-hybridized carbons (Fsp3) is 0.559. The number of hydrogen-bond acceptors (Lipinski definition) is 6. The third-order valence-electron chi connectivity index (χ3n) is 7.99. The van der Waals surface area contributed by atoms with Gasteiger partial charge in [-0.25, -0.2) is 9.59 Å². The summed E-state index contributed by atoms with van der Waals surface area (Å²) in [5.41, 5.74) is -0.296. The number of aliphatic hydroxyl groups is 1. The van der Waals surface area contributed by atoms with Crippen LogP contribution < -0.4 is 20.7 Å². The highest BCUT2D eigenvalue weighted by Crippen LogP contribution is 2.31. The molecule has 0 aromatic heterocycles. The van der Waals surface area contributed by atoms with Crippen LogP contribution in [0.15, 0.2) is 42.5 Å². The second-order valence-corrected chi connectivity index (χ2v) is 12.6. The summed E-state index contributed by atoms with van der Waals surface area (Å²) >= 11 is 0. The second-order valence-electron chi connectivity index (χ2n) is 12.6. The van der Waals surface area contributed by atoms with E-state index in [2.05, 4.69) is 16.0 Å². The molecule has 0 fully saturated rings. The van der Waals surface area contributed by atoms with Crippen molar-refractivity contribution in [3.8, 4) is 5.75 Å². The van der Waals surface area contributed by atoms with Gasteiger partial charge in [-0.3, -0.25) is 4.79 Å². The highest BCUT2D eigenvalue weighted by molar-refractivity contribution is 6.02. The SMILES string of the molecule is CC(C)NC(=O)N(C)C[C@@H]1OCCCC[C@H](C)Oc2ccc(NC(=O)Nc3ccc(C(F)(F)F)cc3)cc2C(=O)N([C@@H](C)CO)C[C@@H]1C. The second kappa shape index (κ2) is 17.4. The molecule has 0 radical (unpaired) electrons. The molecular formula is C34H48F3N5O6. The van der Waals surface area contributed by atoms with E-state index in [0.717, 1.165) is 37.1 Å². The van der Waals surface area contributed by atoms with E-state index in [1.54, 1.807) is 31.0 Å². The van der Waals surface area contributed by atoms with Gasteiger partial charge in [-0.1, -0.05) is 6.92 Å². The van der Waals surface area contributed by atoms with E-state index in [-0.39, 0.29) is 60.7 Å². The van der Waals surface area contributed by atoms with Crippen molar-refractivity contribution in [1.82, 2.24) is 15.1 Å². The monoisotopic (exact) mass is 679 g/mol. The number of benzene rings is 2. The Hall–Kier alpha value is -4.04. The van der Waals surface area contributed by atoms with E-state index in [4.69, 9.17) is 9.47 Å². The van der Waals surface area contributed by atoms with Crippen LogP contribution in [0.5, 0.6) is 5.75 Å². The van der Waals surface area contributed by atoms with Gasteiger partial charge in [0.25, 0.3) is 5.91 Å². The van der Waals surface area contributed by atoms with Crippen LogP contribution in [0.4, 0.5) is 34.1 Å². The number of carbonyl (C=O) groups is 3. The zero-order valence-electron chi connectivity index (χ0n) is 28.4. The minimum atomic E-state index is -4.50. The van der Waals surface area contributed by atoms with Crippen molar-refractivity contribution in [2.75, 3.05) is 44.0 Å². The van der Waals surface area contributed by atoms with Gasteiger partial charge in [0.15, 0.2) is 0 Å². The van der Waals surface area contributed by atoms with Crippen molar-refractivity contribution in [2.45, 2.75) is 84.3 Å². The molecule has 0 saturated heterocycles. The number of rotatable bonds is 7. The molecular weight excluding hydrogens is 631 g/mol. The molecule has 266 valence electrons. The molecule has 48 heavy (non-hydrogen) atoms. The Morgan fingerprint density at radius 2 is 1.69 bits per heavy atom. The molecule has 14 heteroatoms. The molecule has 0 unspecified atom stereocenters. The van der Waals surface area contributed by atoms with Crippen molar-refractivity contribution in [3.05, 3.63) is 53.6 Å². The number of amides is 5. The third-order valence-corrected chi connectivity index (χ3v) is 7.99. The fourth-order valence-corrected chi connectivity index (χ4v) is 5.21. The quantitative estimate of drug-likeness (QED) is 0.276. The average Bonchev–Trinajstić information content (AvgIpc) is 3.01. The van der Waals surface area contributed by atoms with Gasteiger partial charge in [-0.2, -0.15) is 13.2 Å². The van der Waals surface area contributed by atoms with Crippen LogP contribution in [0.1, 0.15) is 69.8 Å². The zero-order valence-corrected chi connectivity index (χ0v) is 28.4. The summed E-state index contributed by atoms with van der Waals surface area (Å²) in [7, 11) is 1.69. The van der Waals surface area contributed by atoms with Gasteiger partial charge in [0, 0.05) is 50.1 Å². The Kier molecular flexibility index (Phi) is 13.9. The van der Waals surface area contributed by atoms with Gasteiger partial charge in [0.2, 0.25) is 0 Å². The van der Waals surface area contributed by atoms with E-state index >= 15 is 0 Å². The molecule has 2 aromatic carbocycles. The number of nitrogens with zero attached hydrogens (tertiary/aromatic N) is 2. The first-order chi connectivity index (χ1) is 22.6. The number of ether oxygens (including phenoxy) is 2. The van der Waals surface area contributed by atoms with Crippen LogP contribution in [-0.4, -0.2) is 90.5 Å². The molecule has 11 nitrogen and oxygen atoms in total. The van der Waals surface area contributed by atoms with Crippen molar-refractivity contribution < 1.29 is 42.1 Å². The molecule has 4 atom stereocenters. The first-order valence-corrected chi connectivity index (χ1v) is 16.2. The lowest BCUT2D eigenvalue weighted by atomic mass is 10.0. The van der Waals surface area contributed by atoms with Crippen LogP contribution in [-0.2, 0) is 10.9 Å². The number of hydrogen-bond donors (Lipinski definition) is 4. The molecule has 3 rings (SSSR count). The summed E-state index contributed by atoms with van der Waals surface area (Å²) < 4.78 is 51.3. The molecule has 5 amide bonds. The van der Waals surface area contributed by atoms with Gasteiger partial charge in [-0.05, 0) is 89.4 Å². The van der Waals surface area contributed by atoms with E-state index in [0.29, 0.717) is 18.8 Å². The van der Waals surface area contributed by atoms with Crippen LogP contribution in [0, 0.1) is 5.92 Å². The van der Waals surface area contributed by atoms with Crippen LogP contribution >= 0.6 is 0 Å². The first kappa shape index (κ1) is 38.4. The Morgan fingerprint density at radius 3 is 2.31 bits per heavy atom. The number of anilines is 2. The zero-order chi connectivity index (χ0) is 35.6. The van der Waals surface area contributed by atoms with E-state index < -0.39 is 35.8 Å². The van der Waals surface area contributed by atoms with Crippen molar-refractivity contribution in [1.29, 1.82) is 0 Å². The van der Waals surface area contributed by atoms with Crippen molar-refractivity contribution in [2.24, 2.45) is 5.92 Å². The predicted octanol–water partition coefficient (Wildman–Crippen LogP) is 6.19. The van der Waals surface area contributed by atoms with Crippen LogP contribution in [0.3, 0.4) is 0 Å². The number of alkyl halides is 3. The summed E-state index contributed by atoms with van der Waals surface area (Å²) in [6, 6.07) is 7.05. The molecule has 2 aromatic rings. The molecule has 4 N–H and O–H groups in total. The molecule has 0 bridgehead atoms. The maximum atomic E-state index is 14.3. The van der Waals surface area contributed by atoms with Gasteiger partial charge in [0.1, 0.15) is 5.75 Å². The predicted molar refractivity (Wildman–Crippen MR) is 177 cm³/mol. The Balaban J connectivity index is 1.89. The van der Waals surface area contributed by atoms with Crippen LogP contribution in [0.25, 0.3) is 0 Å². The lowest BCUT2D eigenvalue weighted by molar-refractivity contribution is -0.137. The lowest BCUT2D eigenvalue weighted by Crippen LogP contribution is -2.49. The summed E-state index contributed by atoms with van der Waals surface area (Å²) in [6.45, 7) is 9.91. The highest BCUT2D eigenvalue weighted by atomic mass is 19.4. The van der Waals surface area contributed by atoms with Gasteiger partial charge >= 0.3 is 18.2 Å². The largest absolute Gasteiger partial charge is 0.490 e. The number of urea groups is 2. The molecule has 0 aliphatic carbocycles. The summed E-state index contributed by atoms with van der Waals surface area (Å²) in [6.07, 6.45) is -2.93. The maximum absolute atomic E-state index is 14.3. The Labute approximate surface area is 280 Å². The third kappa shape index (κ3) is 11.3. The van der Waals surface area contributed by atoms with Gasteiger partial charge in [0.05, 0.1) is 36.0 Å². The Morgan fingerprint density at radius 1 is 1.04 bits per heavy atom. The van der Waals surface area contributed by atoms with Gasteiger partial charge in [-0.15, -0.1) is 0 Å². The molecule has 0 saturated carbocycles. The number of nitrogens with one attached hydrogen (secondary N) is 3. The number of aliphatic hydroxyl groups excluding tert-OH is 1. The Bertz CT molecular complexity index is 1370. The van der Waals surface area contributed by atoms with E-state index in [1.807, 2.05) is 27.7 Å². The minimum Gasteiger partial charge on any atom is -0.490 e. The number of likely N-dealkylation sites (N-methyl/N-ethyl adjacent to an activating group) is 1. The highest BCUT2D eigenvalue weighted by Gasteiger charge is 2.32. The lowest BCUT2D eigenvalue weighted by Gasteiger charge is -2.36. The average molecular weight is 680 g/mol. The summed E-state index contributed by atoms with van der Waals surface area (Å²) in [5.74, 6) is -0.391. The number of fused-ring (bicyclic) bond motifs is 1. The fourth-order valence-electron chi connectivity index (χ4n) is 5.21. The molecule has 1 aliphatic rings. The molecule has 1 aliphatic heterocycles. The molecule has 1 heterocycles. The maximum Gasteiger partial charge on any atom is 0.416 e. The summed E-state index contributed by atoms with van der Waals surface area (Å²) in [5, 5.41) is 18.1. The van der Waals surface area contributed by atoms with Crippen LogP contribution in [0.2, 0.25) is 0 Å². The molecule has 0 spiro atoms. The smallest absolute Gasteiger partial charge is 0.416 e. The topological polar surface area (TPSA) is 132 Å².